The lowest BCUT2D eigenvalue weighted by Crippen LogP contribution is -2.23. The minimum Gasteiger partial charge on any atom is -0.502 e. The zero-order chi connectivity index (χ0) is 18.8. The van der Waals surface area contributed by atoms with Gasteiger partial charge in [0.1, 0.15) is 0 Å². The molecule has 3 rings (SSSR count). The second-order valence-electron chi connectivity index (χ2n) is 5.71. The fourth-order valence-electron chi connectivity index (χ4n) is 2.31. The molecule has 26 heavy (non-hydrogen) atoms. The van der Waals surface area contributed by atoms with Crippen LogP contribution in [0.2, 0.25) is 0 Å². The molecule has 0 saturated carbocycles. The summed E-state index contributed by atoms with van der Waals surface area (Å²) in [5, 5.41) is 21.0. The third kappa shape index (κ3) is 3.60. The molecule has 0 aromatic heterocycles. The maximum absolute atomic E-state index is 12.4. The number of rotatable bonds is 3. The summed E-state index contributed by atoms with van der Waals surface area (Å²) < 4.78 is 0. The third-order valence-electron chi connectivity index (χ3n) is 3.76. The van der Waals surface area contributed by atoms with E-state index < -0.39 is 16.4 Å². The SMILES string of the molecule is Cc1ccc(N=C2S/C(=C/c3ccc(O)c([N+](=O)[O-])c3)C(=O)N2C)cc1. The standard InChI is InChI=1S/C18H15N3O4S/c1-11-3-6-13(7-4-11)19-18-20(2)17(23)16(26-18)10-12-5-8-15(22)14(9-12)21(24)25/h3-10,22H,1-2H3/b16-10+,19-18?. The molecular weight excluding hydrogens is 354 g/mol. The van der Waals surface area contributed by atoms with E-state index in [-0.39, 0.29) is 5.91 Å². The summed E-state index contributed by atoms with van der Waals surface area (Å²) in [6.07, 6.45) is 1.55. The molecule has 1 fully saturated rings. The Kier molecular flexibility index (Phi) is 4.77. The second kappa shape index (κ2) is 7.01. The van der Waals surface area contributed by atoms with E-state index in [2.05, 4.69) is 4.99 Å². The zero-order valence-corrected chi connectivity index (χ0v) is 14.9. The van der Waals surface area contributed by atoms with Crippen molar-refractivity contribution in [1.29, 1.82) is 0 Å². The number of nitrogens with zero attached hydrogens (tertiary/aromatic N) is 3. The summed E-state index contributed by atoms with van der Waals surface area (Å²) in [6, 6.07) is 11.6. The number of amides is 1. The number of benzene rings is 2. The summed E-state index contributed by atoms with van der Waals surface area (Å²) >= 11 is 1.19. The van der Waals surface area contributed by atoms with E-state index >= 15 is 0 Å². The van der Waals surface area contributed by atoms with Crippen molar-refractivity contribution in [2.24, 2.45) is 4.99 Å². The van der Waals surface area contributed by atoms with Crippen LogP contribution in [0.4, 0.5) is 11.4 Å². The molecule has 0 atom stereocenters. The number of carbonyl (C=O) groups excluding carboxylic acids is 1. The van der Waals surface area contributed by atoms with Crippen LogP contribution >= 0.6 is 11.8 Å². The lowest BCUT2D eigenvalue weighted by Gasteiger charge is -2.07. The predicted octanol–water partition coefficient (Wildman–Crippen LogP) is 3.84. The third-order valence-corrected chi connectivity index (χ3v) is 4.82. The number of phenols is 1. The Labute approximate surface area is 153 Å². The van der Waals surface area contributed by atoms with Gasteiger partial charge in [0.15, 0.2) is 10.9 Å². The lowest BCUT2D eigenvalue weighted by molar-refractivity contribution is -0.385. The highest BCUT2D eigenvalue weighted by atomic mass is 32.2. The zero-order valence-electron chi connectivity index (χ0n) is 14.0. The van der Waals surface area contributed by atoms with Crippen LogP contribution in [0.1, 0.15) is 11.1 Å². The van der Waals surface area contributed by atoms with Gasteiger partial charge in [0.05, 0.1) is 15.5 Å². The van der Waals surface area contributed by atoms with Crippen molar-refractivity contribution in [2.45, 2.75) is 6.92 Å². The molecule has 0 bridgehead atoms. The fraction of sp³-hybridized carbons (Fsp3) is 0.111. The topological polar surface area (TPSA) is 96.0 Å². The van der Waals surface area contributed by atoms with Gasteiger partial charge in [0, 0.05) is 13.1 Å². The highest BCUT2D eigenvalue weighted by molar-refractivity contribution is 8.18. The maximum Gasteiger partial charge on any atom is 0.311 e. The maximum atomic E-state index is 12.4. The number of nitro groups is 1. The molecule has 0 radical (unpaired) electrons. The number of aliphatic imine (C=N–C) groups is 1. The molecule has 132 valence electrons. The Morgan fingerprint density at radius 1 is 1.23 bits per heavy atom. The minimum absolute atomic E-state index is 0.239. The van der Waals surface area contributed by atoms with Crippen LogP contribution in [0.5, 0.6) is 5.75 Å². The molecule has 1 aliphatic rings. The first-order valence-corrected chi connectivity index (χ1v) is 8.47. The first kappa shape index (κ1) is 17.7. The molecule has 0 unspecified atom stereocenters. The number of amidine groups is 1. The predicted molar refractivity (Wildman–Crippen MR) is 101 cm³/mol. The van der Waals surface area contributed by atoms with Crippen molar-refractivity contribution in [3.8, 4) is 5.75 Å². The molecule has 7 nitrogen and oxygen atoms in total. The summed E-state index contributed by atoms with van der Waals surface area (Å²) in [5.74, 6) is -0.655. The molecule has 1 amide bonds. The number of aryl methyl sites for hydroxylation is 1. The quantitative estimate of drug-likeness (QED) is 0.504. The van der Waals surface area contributed by atoms with Gasteiger partial charge in [-0.3, -0.25) is 19.8 Å². The average molecular weight is 369 g/mol. The van der Waals surface area contributed by atoms with E-state index in [0.29, 0.717) is 15.6 Å². The number of thioether (sulfide) groups is 1. The summed E-state index contributed by atoms with van der Waals surface area (Å²) in [5.41, 5.74) is 1.90. The van der Waals surface area contributed by atoms with Crippen molar-refractivity contribution in [3.63, 3.8) is 0 Å². The number of aromatic hydroxyl groups is 1. The van der Waals surface area contributed by atoms with Crippen molar-refractivity contribution in [2.75, 3.05) is 7.05 Å². The summed E-state index contributed by atoms with van der Waals surface area (Å²) in [7, 11) is 1.63. The Hall–Kier alpha value is -3.13. The molecule has 1 aliphatic heterocycles. The van der Waals surface area contributed by atoms with E-state index in [1.54, 1.807) is 13.1 Å². The van der Waals surface area contributed by atoms with Crippen LogP contribution in [0.25, 0.3) is 6.08 Å². The first-order chi connectivity index (χ1) is 12.3. The van der Waals surface area contributed by atoms with E-state index in [0.717, 1.165) is 11.3 Å². The van der Waals surface area contributed by atoms with Gasteiger partial charge in [0.25, 0.3) is 5.91 Å². The molecule has 2 aromatic rings. The van der Waals surface area contributed by atoms with Crippen molar-refractivity contribution >= 4 is 40.3 Å². The van der Waals surface area contributed by atoms with Gasteiger partial charge < -0.3 is 5.11 Å². The molecule has 0 aliphatic carbocycles. The van der Waals surface area contributed by atoms with Gasteiger partial charge in [-0.1, -0.05) is 23.8 Å². The summed E-state index contributed by atoms with van der Waals surface area (Å²) in [4.78, 5) is 29.0. The van der Waals surface area contributed by atoms with Crippen LogP contribution in [0.3, 0.4) is 0 Å². The van der Waals surface area contributed by atoms with E-state index in [4.69, 9.17) is 0 Å². The van der Waals surface area contributed by atoms with Gasteiger partial charge in [-0.2, -0.15) is 0 Å². The number of likely N-dealkylation sites (N-methyl/N-ethyl adjacent to an activating group) is 1. The van der Waals surface area contributed by atoms with Crippen LogP contribution < -0.4 is 0 Å². The van der Waals surface area contributed by atoms with Crippen LogP contribution in [-0.2, 0) is 4.79 Å². The van der Waals surface area contributed by atoms with Crippen molar-refractivity contribution in [1.82, 2.24) is 4.90 Å². The van der Waals surface area contributed by atoms with Gasteiger partial charge in [-0.05, 0) is 48.5 Å². The fourth-order valence-corrected chi connectivity index (χ4v) is 3.30. The molecule has 8 heteroatoms. The summed E-state index contributed by atoms with van der Waals surface area (Å²) in [6.45, 7) is 1.98. The van der Waals surface area contributed by atoms with Crippen molar-refractivity contribution < 1.29 is 14.8 Å². The molecular formula is C18H15N3O4S. The number of nitro benzene ring substituents is 1. The van der Waals surface area contributed by atoms with E-state index in [1.807, 2.05) is 31.2 Å². The van der Waals surface area contributed by atoms with E-state index in [9.17, 15) is 20.0 Å². The highest BCUT2D eigenvalue weighted by Crippen LogP contribution is 2.34. The van der Waals surface area contributed by atoms with Gasteiger partial charge in [-0.25, -0.2) is 4.99 Å². The number of carbonyl (C=O) groups is 1. The Morgan fingerprint density at radius 3 is 2.58 bits per heavy atom. The van der Waals surface area contributed by atoms with Gasteiger partial charge in [-0.15, -0.1) is 0 Å². The molecule has 1 heterocycles. The monoisotopic (exact) mass is 369 g/mol. The van der Waals surface area contributed by atoms with Gasteiger partial charge >= 0.3 is 5.69 Å². The Morgan fingerprint density at radius 2 is 1.92 bits per heavy atom. The van der Waals surface area contributed by atoms with Crippen LogP contribution in [0.15, 0.2) is 52.4 Å². The molecule has 2 aromatic carbocycles. The normalized spacial score (nSPS) is 17.3. The first-order valence-electron chi connectivity index (χ1n) is 7.65. The van der Waals surface area contributed by atoms with E-state index in [1.165, 1.54) is 34.9 Å². The molecule has 1 saturated heterocycles. The number of hydrogen-bond donors (Lipinski definition) is 1. The Bertz CT molecular complexity index is 951. The highest BCUT2D eigenvalue weighted by Gasteiger charge is 2.30. The second-order valence-corrected chi connectivity index (χ2v) is 6.72. The number of phenolic OH excluding ortho intramolecular Hbond substituents is 1. The molecule has 1 N–H and O–H groups in total. The smallest absolute Gasteiger partial charge is 0.311 e. The number of hydrogen-bond acceptors (Lipinski definition) is 6. The lowest BCUT2D eigenvalue weighted by atomic mass is 10.1. The molecule has 0 spiro atoms. The van der Waals surface area contributed by atoms with Gasteiger partial charge in [0.2, 0.25) is 0 Å². The van der Waals surface area contributed by atoms with Crippen LogP contribution in [0, 0.1) is 17.0 Å². The Balaban J connectivity index is 1.91. The average Bonchev–Trinajstić information content (AvgIpc) is 2.86. The largest absolute Gasteiger partial charge is 0.502 e. The van der Waals surface area contributed by atoms with Crippen molar-refractivity contribution in [3.05, 3.63) is 68.6 Å². The minimum atomic E-state index is -0.669. The van der Waals surface area contributed by atoms with Crippen LogP contribution in [-0.4, -0.2) is 33.1 Å².